The quantitative estimate of drug-likeness (QED) is 0.455. The second-order valence-electron chi connectivity index (χ2n) is 6.02. The smallest absolute Gasteiger partial charge is 0.394 e. The Balaban J connectivity index is 2.78. The Morgan fingerprint density at radius 2 is 1.71 bits per heavy atom. The van der Waals surface area contributed by atoms with Gasteiger partial charge in [0.2, 0.25) is 0 Å². The van der Waals surface area contributed by atoms with Crippen molar-refractivity contribution in [3.8, 4) is 0 Å². The van der Waals surface area contributed by atoms with Crippen LogP contribution in [0.15, 0.2) is 0 Å². The van der Waals surface area contributed by atoms with E-state index in [1.54, 1.807) is 20.8 Å². The van der Waals surface area contributed by atoms with E-state index in [0.29, 0.717) is 0 Å². The van der Waals surface area contributed by atoms with Crippen molar-refractivity contribution in [1.29, 1.82) is 0 Å². The largest absolute Gasteiger partial charge is 0.400 e. The number of aliphatic hydroxyl groups is 4. The van der Waals surface area contributed by atoms with Gasteiger partial charge in [0.1, 0.15) is 24.4 Å². The third-order valence-corrected chi connectivity index (χ3v) is 3.57. The van der Waals surface area contributed by atoms with Crippen molar-refractivity contribution in [3.05, 3.63) is 0 Å². The maximum Gasteiger partial charge on any atom is 0.400 e. The lowest BCUT2D eigenvalue weighted by molar-refractivity contribution is -0.282. The van der Waals surface area contributed by atoms with Crippen molar-refractivity contribution in [2.45, 2.75) is 51.5 Å². The first-order valence-corrected chi connectivity index (χ1v) is 7.68. The number of aliphatic hydroxyl groups excluding tert-OH is 4. The highest BCUT2D eigenvalue weighted by Crippen LogP contribution is 2.24. The summed E-state index contributed by atoms with van der Waals surface area (Å²) < 4.78 is 37.3. The maximum atomic E-state index is 11.7. The van der Waals surface area contributed by atoms with Crippen LogP contribution in [-0.4, -0.2) is 72.8 Å². The van der Waals surface area contributed by atoms with E-state index in [-0.39, 0.29) is 6.61 Å². The van der Waals surface area contributed by atoms with Crippen molar-refractivity contribution in [2.75, 3.05) is 13.2 Å². The van der Waals surface area contributed by atoms with Gasteiger partial charge < -0.3 is 25.2 Å². The van der Waals surface area contributed by atoms with E-state index < -0.39 is 53.1 Å². The molecule has 21 heavy (non-hydrogen) atoms. The van der Waals surface area contributed by atoms with Crippen LogP contribution in [0.25, 0.3) is 0 Å². The molecule has 0 saturated carbocycles. The van der Waals surface area contributed by atoms with E-state index in [0.717, 1.165) is 0 Å². The molecule has 1 rings (SSSR count). The van der Waals surface area contributed by atoms with Crippen LogP contribution in [-0.2, 0) is 23.5 Å². The van der Waals surface area contributed by atoms with Crippen LogP contribution in [0.2, 0.25) is 0 Å². The molecule has 10 heteroatoms. The molecular formula is C11H22O9S. The number of ether oxygens (including phenoxy) is 1. The second-order valence-corrected chi connectivity index (χ2v) is 7.27. The van der Waals surface area contributed by atoms with Crippen molar-refractivity contribution in [1.82, 2.24) is 0 Å². The Kier molecular flexibility index (Phi) is 6.09. The first kappa shape index (κ1) is 18.7. The van der Waals surface area contributed by atoms with Gasteiger partial charge in [0, 0.05) is 0 Å². The molecule has 1 aliphatic heterocycles. The Hall–Kier alpha value is -0.330. The normalized spacial score (nSPS) is 34.9. The number of hydrogen-bond acceptors (Lipinski definition) is 9. The zero-order valence-corrected chi connectivity index (χ0v) is 12.9. The first-order valence-electron chi connectivity index (χ1n) is 6.35. The molecule has 0 aromatic carbocycles. The minimum atomic E-state index is -4.50. The van der Waals surface area contributed by atoms with Gasteiger partial charge in [-0.3, -0.25) is 0 Å². The predicted octanol–water partition coefficient (Wildman–Crippen LogP) is -1.89. The van der Waals surface area contributed by atoms with Gasteiger partial charge in [0.15, 0.2) is 6.29 Å². The van der Waals surface area contributed by atoms with Crippen molar-refractivity contribution in [2.24, 2.45) is 5.41 Å². The van der Waals surface area contributed by atoms with Crippen molar-refractivity contribution in [3.63, 3.8) is 0 Å². The van der Waals surface area contributed by atoms with Gasteiger partial charge in [-0.15, -0.1) is 0 Å². The van der Waals surface area contributed by atoms with E-state index in [1.165, 1.54) is 0 Å². The predicted molar refractivity (Wildman–Crippen MR) is 69.2 cm³/mol. The van der Waals surface area contributed by atoms with Crippen molar-refractivity contribution < 1.29 is 41.9 Å². The summed E-state index contributed by atoms with van der Waals surface area (Å²) in [6, 6.07) is 0. The Labute approximate surface area is 123 Å². The summed E-state index contributed by atoms with van der Waals surface area (Å²) in [5.41, 5.74) is -0.448. The van der Waals surface area contributed by atoms with Crippen LogP contribution in [0.4, 0.5) is 0 Å². The van der Waals surface area contributed by atoms with Gasteiger partial charge in [-0.1, -0.05) is 20.8 Å². The van der Waals surface area contributed by atoms with Gasteiger partial charge in [-0.2, -0.15) is 8.42 Å². The van der Waals surface area contributed by atoms with E-state index in [9.17, 15) is 23.7 Å². The Morgan fingerprint density at radius 3 is 2.19 bits per heavy atom. The van der Waals surface area contributed by atoms with Crippen LogP contribution in [0.3, 0.4) is 0 Å². The Morgan fingerprint density at radius 1 is 1.14 bits per heavy atom. The van der Waals surface area contributed by atoms with E-state index in [2.05, 4.69) is 8.37 Å². The minimum Gasteiger partial charge on any atom is -0.394 e. The third-order valence-electron chi connectivity index (χ3n) is 2.71. The van der Waals surface area contributed by atoms with Gasteiger partial charge in [-0.05, 0) is 5.41 Å². The summed E-state index contributed by atoms with van der Waals surface area (Å²) in [6.07, 6.45) is -8.26. The molecule has 1 aliphatic rings. The lowest BCUT2D eigenvalue weighted by atomic mass is 9.99. The molecule has 0 bridgehead atoms. The number of hydrogen-bond donors (Lipinski definition) is 4. The Bertz CT molecular complexity index is 429. The minimum absolute atomic E-state index is 0.170. The van der Waals surface area contributed by atoms with Crippen LogP contribution in [0, 0.1) is 5.41 Å². The highest BCUT2D eigenvalue weighted by molar-refractivity contribution is 7.81. The SMILES string of the molecule is CC(C)(C)COS(=O)(=O)O[C@H]1[C@H](O)[C@@H](CO)OC(O)[C@@H]1O. The molecule has 4 N–H and O–H groups in total. The van der Waals surface area contributed by atoms with Gasteiger partial charge in [0.25, 0.3) is 0 Å². The van der Waals surface area contributed by atoms with Crippen LogP contribution in [0.5, 0.6) is 0 Å². The molecule has 126 valence electrons. The summed E-state index contributed by atoms with van der Waals surface area (Å²) in [5.74, 6) is 0. The molecular weight excluding hydrogens is 308 g/mol. The lowest BCUT2D eigenvalue weighted by Crippen LogP contribution is -2.59. The molecule has 1 saturated heterocycles. The van der Waals surface area contributed by atoms with Crippen LogP contribution >= 0.6 is 0 Å². The summed E-state index contributed by atoms with van der Waals surface area (Å²) in [5, 5.41) is 37.8. The molecule has 0 spiro atoms. The highest BCUT2D eigenvalue weighted by atomic mass is 32.3. The molecule has 0 aromatic heterocycles. The van der Waals surface area contributed by atoms with E-state index >= 15 is 0 Å². The average Bonchev–Trinajstić information content (AvgIpc) is 2.36. The lowest BCUT2D eigenvalue weighted by Gasteiger charge is -2.39. The maximum absolute atomic E-state index is 11.7. The fourth-order valence-electron chi connectivity index (χ4n) is 1.59. The molecule has 0 amide bonds. The highest BCUT2D eigenvalue weighted by Gasteiger charge is 2.47. The third kappa shape index (κ3) is 5.42. The molecule has 1 fully saturated rings. The average molecular weight is 330 g/mol. The molecule has 5 atom stereocenters. The molecule has 0 aliphatic carbocycles. The topological polar surface area (TPSA) is 143 Å². The van der Waals surface area contributed by atoms with Gasteiger partial charge >= 0.3 is 10.4 Å². The zero-order chi connectivity index (χ0) is 16.4. The molecule has 9 nitrogen and oxygen atoms in total. The molecule has 0 aromatic rings. The standard InChI is InChI=1S/C11H22O9S/c1-11(2,3)5-18-21(16,17)20-9-7(13)6(4-12)19-10(15)8(9)14/h6-10,12-15H,4-5H2,1-3H3/t6-,7-,8-,9+,10?/m1/s1. The summed E-state index contributed by atoms with van der Waals surface area (Å²) in [7, 11) is -4.50. The summed E-state index contributed by atoms with van der Waals surface area (Å²) >= 11 is 0. The monoisotopic (exact) mass is 330 g/mol. The van der Waals surface area contributed by atoms with Crippen molar-refractivity contribution >= 4 is 10.4 Å². The molecule has 1 unspecified atom stereocenters. The van der Waals surface area contributed by atoms with Crippen LogP contribution in [0.1, 0.15) is 20.8 Å². The van der Waals surface area contributed by atoms with Gasteiger partial charge in [-0.25, -0.2) is 8.37 Å². The molecule has 1 heterocycles. The summed E-state index contributed by atoms with van der Waals surface area (Å²) in [6.45, 7) is 4.37. The van der Waals surface area contributed by atoms with Crippen LogP contribution < -0.4 is 0 Å². The first-order chi connectivity index (χ1) is 9.47. The fourth-order valence-corrected chi connectivity index (χ4v) is 2.65. The second kappa shape index (κ2) is 6.84. The van der Waals surface area contributed by atoms with Gasteiger partial charge in [0.05, 0.1) is 13.2 Å². The van der Waals surface area contributed by atoms with E-state index in [4.69, 9.17) is 9.84 Å². The molecule has 0 radical (unpaired) electrons. The number of rotatable bonds is 5. The zero-order valence-electron chi connectivity index (χ0n) is 12.0. The summed E-state index contributed by atoms with van der Waals surface area (Å²) in [4.78, 5) is 0. The fraction of sp³-hybridized carbons (Fsp3) is 1.00. The van der Waals surface area contributed by atoms with E-state index in [1.807, 2.05) is 0 Å².